The molecule has 0 saturated carbocycles. The molecule has 0 unspecified atom stereocenters. The maximum Gasteiger partial charge on any atom is 0.433 e. The molecule has 1 fully saturated rings. The third-order valence-electron chi connectivity index (χ3n) is 4.46. The molecule has 10 heteroatoms. The highest BCUT2D eigenvalue weighted by molar-refractivity contribution is 6.22. The second-order valence-corrected chi connectivity index (χ2v) is 6.60. The summed E-state index contributed by atoms with van der Waals surface area (Å²) >= 11 is 0. The predicted molar refractivity (Wildman–Crippen MR) is 102 cm³/mol. The number of quaternary nitrogens is 1. The smallest absolute Gasteiger partial charge is 0.354 e. The molecule has 6 N–H and O–H groups in total. The van der Waals surface area contributed by atoms with Gasteiger partial charge >= 0.3 is 6.18 Å². The Kier molecular flexibility index (Phi) is 8.34. The maximum absolute atomic E-state index is 13.0. The van der Waals surface area contributed by atoms with Crippen LogP contribution >= 0.6 is 0 Å². The van der Waals surface area contributed by atoms with E-state index in [1.807, 2.05) is 0 Å². The molecule has 7 nitrogen and oxygen atoms in total. The van der Waals surface area contributed by atoms with Crippen LogP contribution in [-0.4, -0.2) is 49.9 Å². The summed E-state index contributed by atoms with van der Waals surface area (Å²) in [7, 11) is 0. The molecule has 1 heterocycles. The number of nitrogens with two attached hydrogens (primary N) is 1. The summed E-state index contributed by atoms with van der Waals surface area (Å²) in [6, 6.07) is 8.50. The van der Waals surface area contributed by atoms with E-state index in [0.717, 1.165) is 32.1 Å². The minimum Gasteiger partial charge on any atom is -0.354 e. The first-order valence-electron chi connectivity index (χ1n) is 9.32. The van der Waals surface area contributed by atoms with E-state index < -0.39 is 23.4 Å². The number of nitrogens with one attached hydrogen (secondary N) is 4. The topological polar surface area (TPSA) is 111 Å². The van der Waals surface area contributed by atoms with Gasteiger partial charge in [-0.05, 0) is 38.1 Å². The highest BCUT2D eigenvalue weighted by atomic mass is 19.4. The van der Waals surface area contributed by atoms with Crippen molar-refractivity contribution in [3.05, 3.63) is 42.1 Å². The van der Waals surface area contributed by atoms with E-state index in [4.69, 9.17) is 5.41 Å². The number of para-hydroxylation sites is 1. The van der Waals surface area contributed by atoms with E-state index in [0.29, 0.717) is 5.69 Å². The number of benzene rings is 1. The Hall–Kier alpha value is -2.72. The first kappa shape index (κ1) is 22.6. The lowest BCUT2D eigenvalue weighted by atomic mass is 9.97. The van der Waals surface area contributed by atoms with Crippen molar-refractivity contribution in [2.24, 2.45) is 5.92 Å². The zero-order chi connectivity index (χ0) is 21.3. The minimum absolute atomic E-state index is 0.0383. The van der Waals surface area contributed by atoms with Crippen molar-refractivity contribution in [3.63, 3.8) is 0 Å². The molecule has 1 saturated heterocycles. The Morgan fingerprint density at radius 3 is 2.38 bits per heavy atom. The molecule has 0 aromatic heterocycles. The second-order valence-electron chi connectivity index (χ2n) is 6.60. The number of hydrogen-bond donors (Lipinski definition) is 5. The van der Waals surface area contributed by atoms with Gasteiger partial charge in [-0.15, -0.1) is 0 Å². The number of carbonyl (C=O) groups is 2. The summed E-state index contributed by atoms with van der Waals surface area (Å²) in [6.45, 7) is 1.59. The Labute approximate surface area is 166 Å². The predicted octanol–water partition coefficient (Wildman–Crippen LogP) is 0.579. The molecule has 2 amide bonds. The third kappa shape index (κ3) is 7.31. The summed E-state index contributed by atoms with van der Waals surface area (Å²) in [5.41, 5.74) is -1.91. The Bertz CT molecular complexity index is 744. The van der Waals surface area contributed by atoms with Crippen LogP contribution < -0.4 is 21.3 Å². The SMILES string of the molecule is N=C(/C(=C\[NH2+]c1ccccc1)C(=O)NCCNC(=O)C1CCNCC1)C(F)(F)F. The van der Waals surface area contributed by atoms with Gasteiger partial charge in [0.05, 0.1) is 0 Å². The van der Waals surface area contributed by atoms with Gasteiger partial charge in [-0.2, -0.15) is 13.2 Å². The molecule has 1 aromatic rings. The van der Waals surface area contributed by atoms with Crippen LogP contribution in [0, 0.1) is 11.3 Å². The van der Waals surface area contributed by atoms with Crippen LogP contribution in [-0.2, 0) is 9.59 Å². The van der Waals surface area contributed by atoms with Crippen LogP contribution in [0.2, 0.25) is 0 Å². The van der Waals surface area contributed by atoms with Crippen LogP contribution in [0.1, 0.15) is 12.8 Å². The summed E-state index contributed by atoms with van der Waals surface area (Å²) in [5.74, 6) is -1.24. The number of carbonyl (C=O) groups excluding carboxylic acids is 2. The quantitative estimate of drug-likeness (QED) is 0.186. The molecular formula is C19H25F3N5O2+. The van der Waals surface area contributed by atoms with Gasteiger partial charge in [0, 0.05) is 19.0 Å². The normalized spacial score (nSPS) is 15.6. The lowest BCUT2D eigenvalue weighted by Gasteiger charge is -2.21. The van der Waals surface area contributed by atoms with Crippen molar-refractivity contribution >= 4 is 23.2 Å². The highest BCUT2D eigenvalue weighted by Gasteiger charge is 2.39. The van der Waals surface area contributed by atoms with E-state index in [1.165, 1.54) is 5.32 Å². The van der Waals surface area contributed by atoms with Gasteiger partial charge in [0.25, 0.3) is 5.91 Å². The molecule has 2 rings (SSSR count). The summed E-state index contributed by atoms with van der Waals surface area (Å²) < 4.78 is 38.9. The first-order valence-corrected chi connectivity index (χ1v) is 9.32. The zero-order valence-corrected chi connectivity index (χ0v) is 15.8. The molecule has 1 aliphatic heterocycles. The van der Waals surface area contributed by atoms with E-state index in [9.17, 15) is 22.8 Å². The molecular weight excluding hydrogens is 387 g/mol. The monoisotopic (exact) mass is 412 g/mol. The number of piperidine rings is 1. The average Bonchev–Trinajstić information content (AvgIpc) is 2.71. The summed E-state index contributed by atoms with van der Waals surface area (Å²) in [4.78, 5) is 24.3. The fourth-order valence-electron chi connectivity index (χ4n) is 2.85. The van der Waals surface area contributed by atoms with Gasteiger partial charge in [0.1, 0.15) is 17.5 Å². The first-order chi connectivity index (χ1) is 13.8. The van der Waals surface area contributed by atoms with Crippen LogP contribution in [0.3, 0.4) is 0 Å². The van der Waals surface area contributed by atoms with Crippen molar-refractivity contribution in [1.29, 1.82) is 5.41 Å². The average molecular weight is 412 g/mol. The number of amides is 2. The Balaban J connectivity index is 1.91. The molecule has 1 aromatic carbocycles. The van der Waals surface area contributed by atoms with Gasteiger partial charge in [-0.25, -0.2) is 0 Å². The lowest BCUT2D eigenvalue weighted by Crippen LogP contribution is -2.72. The fraction of sp³-hybridized carbons (Fsp3) is 0.421. The standard InChI is InChI=1S/C19H24F3N5O2/c20-19(21,22)16(23)15(12-27-14-4-2-1-3-5-14)18(29)26-11-10-25-17(28)13-6-8-24-9-7-13/h1-5,12-13,23-24,27H,6-11H2,(H,25,28)(H,26,29)/p+1/b15-12+,23-16?. The van der Waals surface area contributed by atoms with Gasteiger partial charge < -0.3 is 16.0 Å². The van der Waals surface area contributed by atoms with E-state index in [-0.39, 0.29) is 24.9 Å². The molecule has 0 radical (unpaired) electrons. The molecule has 0 aliphatic carbocycles. The second kappa shape index (κ2) is 10.7. The van der Waals surface area contributed by atoms with Crippen LogP contribution in [0.25, 0.3) is 0 Å². The summed E-state index contributed by atoms with van der Waals surface area (Å²) in [6.07, 6.45) is -2.52. The minimum atomic E-state index is -4.95. The number of hydrogen-bond acceptors (Lipinski definition) is 4. The van der Waals surface area contributed by atoms with E-state index >= 15 is 0 Å². The van der Waals surface area contributed by atoms with E-state index in [2.05, 4.69) is 16.0 Å². The number of alkyl halides is 3. The number of rotatable bonds is 8. The van der Waals surface area contributed by atoms with Gasteiger partial charge in [0.15, 0.2) is 5.71 Å². The highest BCUT2D eigenvalue weighted by Crippen LogP contribution is 2.20. The molecule has 0 spiro atoms. The van der Waals surface area contributed by atoms with Gasteiger partial charge in [-0.1, -0.05) is 18.2 Å². The van der Waals surface area contributed by atoms with Crippen molar-refractivity contribution in [1.82, 2.24) is 16.0 Å². The van der Waals surface area contributed by atoms with Gasteiger partial charge in [0.2, 0.25) is 5.91 Å². The largest absolute Gasteiger partial charge is 0.433 e. The van der Waals surface area contributed by atoms with Crippen LogP contribution in [0.15, 0.2) is 42.1 Å². The molecule has 29 heavy (non-hydrogen) atoms. The molecule has 0 atom stereocenters. The van der Waals surface area contributed by atoms with Crippen molar-refractivity contribution < 1.29 is 28.1 Å². The molecule has 1 aliphatic rings. The zero-order valence-electron chi connectivity index (χ0n) is 15.8. The fourth-order valence-corrected chi connectivity index (χ4v) is 2.85. The number of halogens is 3. The van der Waals surface area contributed by atoms with Crippen molar-refractivity contribution in [3.8, 4) is 0 Å². The van der Waals surface area contributed by atoms with Crippen LogP contribution in [0.4, 0.5) is 18.9 Å². The Morgan fingerprint density at radius 2 is 1.76 bits per heavy atom. The lowest BCUT2D eigenvalue weighted by molar-refractivity contribution is -0.496. The molecule has 158 valence electrons. The van der Waals surface area contributed by atoms with Crippen molar-refractivity contribution in [2.45, 2.75) is 19.0 Å². The Morgan fingerprint density at radius 1 is 1.14 bits per heavy atom. The van der Waals surface area contributed by atoms with Crippen molar-refractivity contribution in [2.75, 3.05) is 26.2 Å². The van der Waals surface area contributed by atoms with Gasteiger partial charge in [-0.3, -0.25) is 20.3 Å². The van der Waals surface area contributed by atoms with E-state index in [1.54, 1.807) is 30.3 Å². The maximum atomic E-state index is 13.0. The summed E-state index contributed by atoms with van der Waals surface area (Å²) in [5, 5.41) is 16.8. The third-order valence-corrected chi connectivity index (χ3v) is 4.46. The van der Waals surface area contributed by atoms with Crippen LogP contribution in [0.5, 0.6) is 0 Å². The molecule has 0 bridgehead atoms.